The monoisotopic (exact) mass is 298 g/mol. The van der Waals surface area contributed by atoms with Gasteiger partial charge in [0.15, 0.2) is 0 Å². The van der Waals surface area contributed by atoms with Gasteiger partial charge in [0.2, 0.25) is 5.91 Å². The van der Waals surface area contributed by atoms with Crippen LogP contribution in [-0.4, -0.2) is 10.5 Å². The molecule has 1 aromatic carbocycles. The number of rotatable bonds is 8. The zero-order valence-corrected chi connectivity index (χ0v) is 13.5. The molecule has 0 spiro atoms. The molecule has 3 nitrogen and oxygen atoms in total. The van der Waals surface area contributed by atoms with Gasteiger partial charge < -0.3 is 9.88 Å². The smallest absolute Gasteiger partial charge is 0.220 e. The first kappa shape index (κ1) is 16.3. The first-order valence-electron chi connectivity index (χ1n) is 8.17. The van der Waals surface area contributed by atoms with E-state index in [9.17, 15) is 4.79 Å². The molecule has 3 heteroatoms. The van der Waals surface area contributed by atoms with Crippen molar-refractivity contribution in [2.24, 2.45) is 0 Å². The molecule has 0 saturated carbocycles. The van der Waals surface area contributed by atoms with Crippen LogP contribution in [0.4, 0.5) is 0 Å². The third-order valence-corrected chi connectivity index (χ3v) is 4.05. The molecule has 1 N–H and O–H groups in total. The maximum Gasteiger partial charge on any atom is 0.220 e. The second-order valence-electron chi connectivity index (χ2n) is 5.81. The summed E-state index contributed by atoms with van der Waals surface area (Å²) < 4.78 is 2.22. The van der Waals surface area contributed by atoms with Crippen molar-refractivity contribution < 1.29 is 4.79 Å². The van der Waals surface area contributed by atoms with E-state index in [-0.39, 0.29) is 11.9 Å². The molecule has 0 unspecified atom stereocenters. The van der Waals surface area contributed by atoms with Crippen LogP contribution in [0.2, 0.25) is 0 Å². The lowest BCUT2D eigenvalue weighted by Crippen LogP contribution is -2.27. The molecular formula is C19H26N2O. The van der Waals surface area contributed by atoms with Crippen molar-refractivity contribution in [3.05, 3.63) is 60.4 Å². The molecule has 1 amide bonds. The third-order valence-electron chi connectivity index (χ3n) is 4.05. The van der Waals surface area contributed by atoms with Gasteiger partial charge in [-0.05, 0) is 37.5 Å². The number of nitrogens with zero attached hydrogens (tertiary/aromatic N) is 1. The standard InChI is InChI=1S/C19H26N2O/c1-3-9-18(21-14-7-8-15-21)12-13-19(22)20-16(2)17-10-5-4-6-11-17/h4-8,10-11,14-16,18H,3,9,12-13H2,1-2H3,(H,20,22)/t16-,18-/m0/s1. The fourth-order valence-corrected chi connectivity index (χ4v) is 2.80. The lowest BCUT2D eigenvalue weighted by molar-refractivity contribution is -0.122. The van der Waals surface area contributed by atoms with Crippen molar-refractivity contribution in [2.75, 3.05) is 0 Å². The molecule has 1 aromatic heterocycles. The van der Waals surface area contributed by atoms with E-state index in [0.29, 0.717) is 12.5 Å². The van der Waals surface area contributed by atoms with Gasteiger partial charge in [-0.2, -0.15) is 0 Å². The van der Waals surface area contributed by atoms with Crippen LogP contribution in [0, 0.1) is 0 Å². The molecule has 0 bridgehead atoms. The predicted molar refractivity (Wildman–Crippen MR) is 90.6 cm³/mol. The van der Waals surface area contributed by atoms with E-state index >= 15 is 0 Å². The molecule has 0 radical (unpaired) electrons. The quantitative estimate of drug-likeness (QED) is 0.765. The zero-order chi connectivity index (χ0) is 15.8. The predicted octanol–water partition coefficient (Wildman–Crippen LogP) is 4.49. The molecule has 0 aliphatic carbocycles. The van der Waals surface area contributed by atoms with Crippen molar-refractivity contribution in [3.63, 3.8) is 0 Å². The summed E-state index contributed by atoms with van der Waals surface area (Å²) in [6, 6.07) is 14.6. The average molecular weight is 298 g/mol. The van der Waals surface area contributed by atoms with Gasteiger partial charge in [-0.15, -0.1) is 0 Å². The Labute approximate surface area is 133 Å². The van der Waals surface area contributed by atoms with Gasteiger partial charge >= 0.3 is 0 Å². The number of benzene rings is 1. The molecular weight excluding hydrogens is 272 g/mol. The van der Waals surface area contributed by atoms with E-state index in [1.807, 2.05) is 49.4 Å². The first-order chi connectivity index (χ1) is 10.7. The summed E-state index contributed by atoms with van der Waals surface area (Å²) in [6.07, 6.45) is 7.87. The van der Waals surface area contributed by atoms with Gasteiger partial charge in [-0.1, -0.05) is 43.7 Å². The number of carbonyl (C=O) groups is 1. The number of carbonyl (C=O) groups excluding carboxylic acids is 1. The Morgan fingerprint density at radius 2 is 1.77 bits per heavy atom. The highest BCUT2D eigenvalue weighted by Gasteiger charge is 2.13. The highest BCUT2D eigenvalue weighted by atomic mass is 16.1. The molecule has 2 atom stereocenters. The fraction of sp³-hybridized carbons (Fsp3) is 0.421. The lowest BCUT2D eigenvalue weighted by Gasteiger charge is -2.19. The number of aromatic nitrogens is 1. The van der Waals surface area contributed by atoms with Crippen molar-refractivity contribution in [2.45, 2.75) is 51.6 Å². The van der Waals surface area contributed by atoms with Crippen molar-refractivity contribution in [3.8, 4) is 0 Å². The molecule has 2 aromatic rings. The van der Waals surface area contributed by atoms with Crippen LogP contribution < -0.4 is 5.32 Å². The maximum atomic E-state index is 12.2. The van der Waals surface area contributed by atoms with E-state index in [2.05, 4.69) is 29.2 Å². The first-order valence-corrected chi connectivity index (χ1v) is 8.17. The van der Waals surface area contributed by atoms with Crippen LogP contribution in [0.25, 0.3) is 0 Å². The van der Waals surface area contributed by atoms with Gasteiger partial charge in [0.05, 0.1) is 6.04 Å². The number of amides is 1. The molecule has 1 heterocycles. The summed E-state index contributed by atoms with van der Waals surface area (Å²) in [5.41, 5.74) is 1.14. The van der Waals surface area contributed by atoms with Crippen LogP contribution in [0.1, 0.15) is 57.2 Å². The summed E-state index contributed by atoms with van der Waals surface area (Å²) in [4.78, 5) is 12.2. The molecule has 22 heavy (non-hydrogen) atoms. The van der Waals surface area contributed by atoms with Crippen molar-refractivity contribution in [1.82, 2.24) is 9.88 Å². The van der Waals surface area contributed by atoms with Crippen LogP contribution in [0.5, 0.6) is 0 Å². The minimum atomic E-state index is 0.0601. The zero-order valence-electron chi connectivity index (χ0n) is 13.5. The summed E-state index contributed by atoms with van der Waals surface area (Å²) >= 11 is 0. The summed E-state index contributed by atoms with van der Waals surface area (Å²) in [5, 5.41) is 3.09. The van der Waals surface area contributed by atoms with Crippen LogP contribution in [0.15, 0.2) is 54.9 Å². The highest BCUT2D eigenvalue weighted by molar-refractivity contribution is 5.76. The Balaban J connectivity index is 1.83. The lowest BCUT2D eigenvalue weighted by atomic mass is 10.0. The van der Waals surface area contributed by atoms with Crippen LogP contribution in [0.3, 0.4) is 0 Å². The van der Waals surface area contributed by atoms with E-state index in [1.54, 1.807) is 0 Å². The summed E-state index contributed by atoms with van der Waals surface area (Å²) in [6.45, 7) is 4.22. The maximum absolute atomic E-state index is 12.2. The van der Waals surface area contributed by atoms with Crippen molar-refractivity contribution >= 4 is 5.91 Å². The Kier molecular flexibility index (Phi) is 6.26. The largest absolute Gasteiger partial charge is 0.351 e. The van der Waals surface area contributed by atoms with Crippen LogP contribution in [-0.2, 0) is 4.79 Å². The third kappa shape index (κ3) is 4.76. The fourth-order valence-electron chi connectivity index (χ4n) is 2.80. The molecule has 0 fully saturated rings. The minimum absolute atomic E-state index is 0.0601. The minimum Gasteiger partial charge on any atom is -0.351 e. The summed E-state index contributed by atoms with van der Waals surface area (Å²) in [5.74, 6) is 0.129. The molecule has 0 aliphatic heterocycles. The van der Waals surface area contributed by atoms with Gasteiger partial charge in [0, 0.05) is 24.9 Å². The van der Waals surface area contributed by atoms with Crippen molar-refractivity contribution in [1.29, 1.82) is 0 Å². The van der Waals surface area contributed by atoms with Gasteiger partial charge in [0.1, 0.15) is 0 Å². The second-order valence-corrected chi connectivity index (χ2v) is 5.81. The second kappa shape index (κ2) is 8.42. The SMILES string of the molecule is CCC[C@@H](CCC(=O)N[C@@H](C)c1ccccc1)n1cccc1. The number of hydrogen-bond donors (Lipinski definition) is 1. The molecule has 2 rings (SSSR count). The number of hydrogen-bond acceptors (Lipinski definition) is 1. The van der Waals surface area contributed by atoms with E-state index in [0.717, 1.165) is 24.8 Å². The van der Waals surface area contributed by atoms with Gasteiger partial charge in [-0.3, -0.25) is 4.79 Å². The van der Waals surface area contributed by atoms with E-state index in [4.69, 9.17) is 0 Å². The van der Waals surface area contributed by atoms with Gasteiger partial charge in [-0.25, -0.2) is 0 Å². The highest BCUT2D eigenvalue weighted by Crippen LogP contribution is 2.20. The molecule has 0 aliphatic rings. The Bertz CT molecular complexity index is 548. The Hall–Kier alpha value is -2.03. The number of nitrogens with one attached hydrogen (secondary N) is 1. The summed E-state index contributed by atoms with van der Waals surface area (Å²) in [7, 11) is 0. The van der Waals surface area contributed by atoms with Crippen LogP contribution >= 0.6 is 0 Å². The molecule has 0 saturated heterocycles. The normalized spacial score (nSPS) is 13.5. The Morgan fingerprint density at radius 1 is 1.09 bits per heavy atom. The average Bonchev–Trinajstić information content (AvgIpc) is 3.06. The Morgan fingerprint density at radius 3 is 2.41 bits per heavy atom. The van der Waals surface area contributed by atoms with E-state index < -0.39 is 0 Å². The van der Waals surface area contributed by atoms with E-state index in [1.165, 1.54) is 0 Å². The molecule has 118 valence electrons. The topological polar surface area (TPSA) is 34.0 Å². The van der Waals surface area contributed by atoms with Gasteiger partial charge in [0.25, 0.3) is 0 Å².